The van der Waals surface area contributed by atoms with Crippen LogP contribution in [-0.2, 0) is 14.3 Å². The molecule has 86 valence electrons. The summed E-state index contributed by atoms with van der Waals surface area (Å²) in [5.74, 6) is -0.546. The molecule has 6 heteroatoms. The van der Waals surface area contributed by atoms with E-state index in [1.807, 2.05) is 0 Å². The average molecular weight is 224 g/mol. The van der Waals surface area contributed by atoms with Gasteiger partial charge in [-0.15, -0.1) is 0 Å². The lowest BCUT2D eigenvalue weighted by molar-refractivity contribution is -0.145. The van der Waals surface area contributed by atoms with Crippen LogP contribution in [0, 0.1) is 12.8 Å². The second-order valence-corrected chi connectivity index (χ2v) is 3.74. The molecule has 1 fully saturated rings. The van der Waals surface area contributed by atoms with Gasteiger partial charge in [-0.3, -0.25) is 14.5 Å². The van der Waals surface area contributed by atoms with E-state index in [2.05, 4.69) is 9.89 Å². The molecule has 1 amide bonds. The van der Waals surface area contributed by atoms with Crippen molar-refractivity contribution in [3.05, 3.63) is 11.8 Å². The van der Waals surface area contributed by atoms with Gasteiger partial charge in [-0.05, 0) is 6.92 Å². The Hall–Kier alpha value is -1.85. The minimum Gasteiger partial charge on any atom is -0.469 e. The summed E-state index contributed by atoms with van der Waals surface area (Å²) in [6, 6.07) is 1.66. The van der Waals surface area contributed by atoms with Crippen molar-refractivity contribution in [3.8, 4) is 0 Å². The van der Waals surface area contributed by atoms with Gasteiger partial charge < -0.3 is 9.26 Å². The van der Waals surface area contributed by atoms with Crippen LogP contribution in [0.5, 0.6) is 0 Å². The molecule has 0 aromatic carbocycles. The Kier molecular flexibility index (Phi) is 2.64. The van der Waals surface area contributed by atoms with Crippen LogP contribution in [0.3, 0.4) is 0 Å². The van der Waals surface area contributed by atoms with Gasteiger partial charge in [-0.1, -0.05) is 5.16 Å². The Morgan fingerprint density at radius 1 is 1.69 bits per heavy atom. The third-order valence-electron chi connectivity index (χ3n) is 2.54. The molecule has 2 heterocycles. The summed E-state index contributed by atoms with van der Waals surface area (Å²) < 4.78 is 9.59. The summed E-state index contributed by atoms with van der Waals surface area (Å²) in [5.41, 5.74) is 0.698. The summed E-state index contributed by atoms with van der Waals surface area (Å²) >= 11 is 0. The number of carbonyl (C=O) groups is 2. The zero-order valence-corrected chi connectivity index (χ0v) is 9.10. The first kappa shape index (κ1) is 10.7. The normalized spacial score (nSPS) is 20.2. The molecule has 1 aliphatic heterocycles. The lowest BCUT2D eigenvalue weighted by Crippen LogP contribution is -2.25. The fourth-order valence-electron chi connectivity index (χ4n) is 1.72. The fraction of sp³-hybridized carbons (Fsp3) is 0.500. The average Bonchev–Trinajstić information content (AvgIpc) is 2.83. The summed E-state index contributed by atoms with van der Waals surface area (Å²) in [4.78, 5) is 24.4. The van der Waals surface area contributed by atoms with Gasteiger partial charge in [-0.25, -0.2) is 0 Å². The van der Waals surface area contributed by atoms with Crippen molar-refractivity contribution in [2.45, 2.75) is 13.3 Å². The monoisotopic (exact) mass is 224 g/mol. The number of nitrogens with zero attached hydrogens (tertiary/aromatic N) is 2. The first-order chi connectivity index (χ1) is 7.61. The van der Waals surface area contributed by atoms with Gasteiger partial charge in [0.2, 0.25) is 11.8 Å². The van der Waals surface area contributed by atoms with Crippen LogP contribution in [0.15, 0.2) is 10.6 Å². The number of rotatable bonds is 2. The summed E-state index contributed by atoms with van der Waals surface area (Å²) in [6.07, 6.45) is 0.159. The molecule has 1 atom stereocenters. The van der Waals surface area contributed by atoms with Gasteiger partial charge in [0.1, 0.15) is 0 Å². The number of aromatic nitrogens is 1. The molecule has 0 spiro atoms. The van der Waals surface area contributed by atoms with Gasteiger partial charge in [0.05, 0.1) is 18.7 Å². The molecule has 16 heavy (non-hydrogen) atoms. The van der Waals surface area contributed by atoms with Crippen LogP contribution in [0.4, 0.5) is 5.88 Å². The first-order valence-electron chi connectivity index (χ1n) is 4.93. The molecule has 0 radical (unpaired) electrons. The van der Waals surface area contributed by atoms with Gasteiger partial charge in [0.25, 0.3) is 0 Å². The zero-order chi connectivity index (χ0) is 11.7. The van der Waals surface area contributed by atoms with Crippen molar-refractivity contribution in [2.75, 3.05) is 18.6 Å². The molecule has 0 N–H and O–H groups in total. The summed E-state index contributed by atoms with van der Waals surface area (Å²) in [5, 5.41) is 3.70. The topological polar surface area (TPSA) is 72.6 Å². The van der Waals surface area contributed by atoms with E-state index in [4.69, 9.17) is 4.52 Å². The highest BCUT2D eigenvalue weighted by Gasteiger charge is 2.37. The lowest BCUT2D eigenvalue weighted by Gasteiger charge is -2.10. The maximum atomic E-state index is 11.6. The number of carbonyl (C=O) groups excluding carboxylic acids is 2. The number of anilines is 1. The minimum absolute atomic E-state index is 0.147. The molecule has 1 saturated heterocycles. The molecule has 0 aliphatic carbocycles. The maximum Gasteiger partial charge on any atom is 0.311 e. The maximum absolute atomic E-state index is 11.6. The SMILES string of the molecule is COC(=O)C1CC(=O)N(c2cc(C)no2)C1. The van der Waals surface area contributed by atoms with Crippen molar-refractivity contribution in [2.24, 2.45) is 5.92 Å². The lowest BCUT2D eigenvalue weighted by atomic mass is 10.1. The molecule has 0 saturated carbocycles. The largest absolute Gasteiger partial charge is 0.469 e. The number of esters is 1. The highest BCUT2D eigenvalue weighted by molar-refractivity contribution is 5.98. The van der Waals surface area contributed by atoms with E-state index < -0.39 is 5.92 Å². The molecule has 1 aromatic heterocycles. The Labute approximate surface area is 92.1 Å². The predicted molar refractivity (Wildman–Crippen MR) is 53.7 cm³/mol. The third kappa shape index (κ3) is 1.78. The van der Waals surface area contributed by atoms with Crippen molar-refractivity contribution in [1.82, 2.24) is 5.16 Å². The van der Waals surface area contributed by atoms with E-state index in [1.54, 1.807) is 13.0 Å². The quantitative estimate of drug-likeness (QED) is 0.684. The van der Waals surface area contributed by atoms with Crippen molar-refractivity contribution in [3.63, 3.8) is 0 Å². The van der Waals surface area contributed by atoms with Crippen LogP contribution < -0.4 is 4.90 Å². The molecule has 1 unspecified atom stereocenters. The van der Waals surface area contributed by atoms with Gasteiger partial charge in [0.15, 0.2) is 0 Å². The van der Waals surface area contributed by atoms with Gasteiger partial charge in [-0.2, -0.15) is 0 Å². The fourth-order valence-corrected chi connectivity index (χ4v) is 1.72. The Bertz CT molecular complexity index is 426. The third-order valence-corrected chi connectivity index (χ3v) is 2.54. The van der Waals surface area contributed by atoms with Crippen molar-refractivity contribution >= 4 is 17.8 Å². The molecular formula is C10H12N2O4. The van der Waals surface area contributed by atoms with E-state index in [0.29, 0.717) is 18.1 Å². The van der Waals surface area contributed by atoms with Crippen LogP contribution in [0.1, 0.15) is 12.1 Å². The van der Waals surface area contributed by atoms with Gasteiger partial charge >= 0.3 is 5.97 Å². The second-order valence-electron chi connectivity index (χ2n) is 3.74. The predicted octanol–water partition coefficient (Wildman–Crippen LogP) is 0.509. The smallest absolute Gasteiger partial charge is 0.311 e. The van der Waals surface area contributed by atoms with Crippen LogP contribution in [0.25, 0.3) is 0 Å². The van der Waals surface area contributed by atoms with E-state index in [0.717, 1.165) is 0 Å². The molecular weight excluding hydrogens is 212 g/mol. The minimum atomic E-state index is -0.414. The van der Waals surface area contributed by atoms with E-state index in [-0.39, 0.29) is 18.3 Å². The first-order valence-corrected chi connectivity index (χ1v) is 4.93. The molecule has 0 bridgehead atoms. The Morgan fingerprint density at radius 2 is 2.44 bits per heavy atom. The van der Waals surface area contributed by atoms with Crippen LogP contribution in [0.2, 0.25) is 0 Å². The standard InChI is InChI=1S/C10H12N2O4/c1-6-3-9(16-11-6)12-5-7(4-8(12)13)10(14)15-2/h3,7H,4-5H2,1-2H3. The van der Waals surface area contributed by atoms with Crippen LogP contribution in [-0.4, -0.2) is 30.7 Å². The second kappa shape index (κ2) is 3.96. The molecule has 1 aromatic rings. The summed E-state index contributed by atoms with van der Waals surface area (Å²) in [6.45, 7) is 2.06. The van der Waals surface area contributed by atoms with E-state index >= 15 is 0 Å². The number of ether oxygens (including phenoxy) is 1. The molecule has 6 nitrogen and oxygen atoms in total. The van der Waals surface area contributed by atoms with Crippen molar-refractivity contribution in [1.29, 1.82) is 0 Å². The number of aryl methyl sites for hydroxylation is 1. The van der Waals surface area contributed by atoms with E-state index in [1.165, 1.54) is 12.0 Å². The molecule has 2 rings (SSSR count). The number of methoxy groups -OCH3 is 1. The van der Waals surface area contributed by atoms with Crippen molar-refractivity contribution < 1.29 is 18.8 Å². The number of hydrogen-bond acceptors (Lipinski definition) is 5. The Morgan fingerprint density at radius 3 is 3.00 bits per heavy atom. The number of hydrogen-bond donors (Lipinski definition) is 0. The number of amides is 1. The highest BCUT2D eigenvalue weighted by Crippen LogP contribution is 2.26. The molecule has 1 aliphatic rings. The van der Waals surface area contributed by atoms with Crippen LogP contribution >= 0.6 is 0 Å². The Balaban J connectivity index is 2.14. The van der Waals surface area contributed by atoms with E-state index in [9.17, 15) is 9.59 Å². The van der Waals surface area contributed by atoms with Gasteiger partial charge in [0, 0.05) is 19.0 Å². The zero-order valence-electron chi connectivity index (χ0n) is 9.10. The highest BCUT2D eigenvalue weighted by atomic mass is 16.5. The summed E-state index contributed by atoms with van der Waals surface area (Å²) in [7, 11) is 1.31.